The van der Waals surface area contributed by atoms with E-state index in [1.807, 2.05) is 12.1 Å². The summed E-state index contributed by atoms with van der Waals surface area (Å²) in [5.41, 5.74) is 4.42. The third kappa shape index (κ3) is 6.50. The van der Waals surface area contributed by atoms with Gasteiger partial charge in [0.25, 0.3) is 5.91 Å². The van der Waals surface area contributed by atoms with Gasteiger partial charge < -0.3 is 9.64 Å². The number of alkyl halides is 3. The number of rotatable bonds is 7. The summed E-state index contributed by atoms with van der Waals surface area (Å²) in [6, 6.07) is 15.1. The highest BCUT2D eigenvalue weighted by Gasteiger charge is 2.32. The number of piperazine rings is 1. The van der Waals surface area contributed by atoms with Crippen molar-refractivity contribution in [3.8, 4) is 11.8 Å². The zero-order valence-electron chi connectivity index (χ0n) is 20.9. The summed E-state index contributed by atoms with van der Waals surface area (Å²) in [5, 5.41) is 9.71. The number of pyridine rings is 1. The number of ether oxygens (including phenoxy) is 1. The number of nitriles is 1. The predicted octanol–water partition coefficient (Wildman–Crippen LogP) is 4.98. The Kier molecular flexibility index (Phi) is 7.75. The molecule has 0 saturated carbocycles. The van der Waals surface area contributed by atoms with Crippen LogP contribution in [-0.4, -0.2) is 58.1 Å². The Bertz CT molecular complexity index is 1400. The summed E-state index contributed by atoms with van der Waals surface area (Å²) in [6.07, 6.45) is -3.04. The van der Waals surface area contributed by atoms with Crippen LogP contribution >= 0.6 is 11.6 Å². The molecule has 2 aliphatic heterocycles. The number of aromatic nitrogens is 1. The van der Waals surface area contributed by atoms with Gasteiger partial charge in [0.15, 0.2) is 0 Å². The largest absolute Gasteiger partial charge is 0.573 e. The van der Waals surface area contributed by atoms with Gasteiger partial charge in [-0.3, -0.25) is 19.6 Å². The van der Waals surface area contributed by atoms with Gasteiger partial charge in [-0.15, -0.1) is 13.2 Å². The van der Waals surface area contributed by atoms with E-state index < -0.39 is 6.36 Å². The van der Waals surface area contributed by atoms with E-state index in [0.29, 0.717) is 41.3 Å². The smallest absolute Gasteiger partial charge is 0.406 e. The van der Waals surface area contributed by atoms with E-state index in [0.717, 1.165) is 43.0 Å². The van der Waals surface area contributed by atoms with Crippen molar-refractivity contribution < 1.29 is 22.7 Å². The minimum atomic E-state index is -4.75. The molecule has 0 N–H and O–H groups in total. The fourth-order valence-electron chi connectivity index (χ4n) is 5.00. The Morgan fingerprint density at radius 3 is 2.33 bits per heavy atom. The van der Waals surface area contributed by atoms with E-state index in [1.54, 1.807) is 23.2 Å². The number of nitrogens with zero attached hydrogens (tertiary/aromatic N) is 5. The standard InChI is InChI=1S/C28H25ClF3N5O2/c29-24-13-20(15-35-8-10-36(11-9-35)18-25-21(14-33)2-1-7-34-25)12-22-17-37(27(38)26(22)24)16-19-3-5-23(6-4-19)39-28(30,31)32/h1-7,12-13H,8-11,15-18H2. The van der Waals surface area contributed by atoms with Crippen LogP contribution in [0.2, 0.25) is 5.02 Å². The molecule has 0 atom stereocenters. The first-order valence-corrected chi connectivity index (χ1v) is 12.8. The lowest BCUT2D eigenvalue weighted by atomic mass is 10.1. The molecule has 0 unspecified atom stereocenters. The molecule has 0 radical (unpaired) electrons. The quantitative estimate of drug-likeness (QED) is 0.409. The average Bonchev–Trinajstić information content (AvgIpc) is 3.21. The van der Waals surface area contributed by atoms with Crippen LogP contribution in [0.5, 0.6) is 5.75 Å². The van der Waals surface area contributed by atoms with E-state index in [4.69, 9.17) is 11.6 Å². The van der Waals surface area contributed by atoms with Crippen molar-refractivity contribution in [2.75, 3.05) is 26.2 Å². The van der Waals surface area contributed by atoms with Crippen molar-refractivity contribution in [1.82, 2.24) is 19.7 Å². The lowest BCUT2D eigenvalue weighted by Gasteiger charge is -2.34. The van der Waals surface area contributed by atoms with Crippen molar-refractivity contribution in [3.63, 3.8) is 0 Å². The van der Waals surface area contributed by atoms with E-state index in [-0.39, 0.29) is 18.2 Å². The minimum absolute atomic E-state index is 0.197. The molecule has 39 heavy (non-hydrogen) atoms. The Morgan fingerprint density at radius 2 is 1.67 bits per heavy atom. The van der Waals surface area contributed by atoms with E-state index in [9.17, 15) is 23.2 Å². The van der Waals surface area contributed by atoms with Crippen molar-refractivity contribution in [2.45, 2.75) is 32.5 Å². The molecule has 3 aromatic rings. The number of carbonyl (C=O) groups is 1. The molecular weight excluding hydrogens is 531 g/mol. The molecule has 1 amide bonds. The normalized spacial score (nSPS) is 16.3. The van der Waals surface area contributed by atoms with Crippen molar-refractivity contribution >= 4 is 17.5 Å². The predicted molar refractivity (Wildman–Crippen MR) is 138 cm³/mol. The molecule has 3 heterocycles. The molecule has 1 aromatic heterocycles. The maximum atomic E-state index is 13.0. The Morgan fingerprint density at radius 1 is 0.974 bits per heavy atom. The zero-order valence-corrected chi connectivity index (χ0v) is 21.7. The van der Waals surface area contributed by atoms with Crippen LogP contribution in [0.3, 0.4) is 0 Å². The third-order valence-corrected chi connectivity index (χ3v) is 7.18. The lowest BCUT2D eigenvalue weighted by Crippen LogP contribution is -2.45. The second-order valence-corrected chi connectivity index (χ2v) is 10.0. The van der Waals surface area contributed by atoms with Gasteiger partial charge in [0.2, 0.25) is 0 Å². The number of hydrogen-bond donors (Lipinski definition) is 0. The monoisotopic (exact) mass is 555 g/mol. The second-order valence-electron chi connectivity index (χ2n) is 9.63. The minimum Gasteiger partial charge on any atom is -0.406 e. The summed E-state index contributed by atoms with van der Waals surface area (Å²) < 4.78 is 41.1. The van der Waals surface area contributed by atoms with Gasteiger partial charge in [-0.1, -0.05) is 29.8 Å². The molecule has 11 heteroatoms. The van der Waals surface area contributed by atoms with Gasteiger partial charge in [0.05, 0.1) is 21.8 Å². The summed E-state index contributed by atoms with van der Waals surface area (Å²) in [7, 11) is 0. The summed E-state index contributed by atoms with van der Waals surface area (Å²) in [5.74, 6) is -0.503. The molecule has 202 valence electrons. The van der Waals surface area contributed by atoms with E-state index >= 15 is 0 Å². The molecule has 0 aliphatic carbocycles. The summed E-state index contributed by atoms with van der Waals surface area (Å²) in [6.45, 7) is 5.35. The van der Waals surface area contributed by atoms with Crippen LogP contribution in [0, 0.1) is 11.3 Å². The van der Waals surface area contributed by atoms with Crippen LogP contribution in [0.1, 0.15) is 38.3 Å². The maximum absolute atomic E-state index is 13.0. The Labute approximate surface area is 229 Å². The summed E-state index contributed by atoms with van der Waals surface area (Å²) >= 11 is 6.55. The number of benzene rings is 2. The second kappa shape index (κ2) is 11.2. The van der Waals surface area contributed by atoms with Crippen molar-refractivity contribution in [1.29, 1.82) is 5.26 Å². The van der Waals surface area contributed by atoms with Crippen LogP contribution in [0.4, 0.5) is 13.2 Å². The van der Waals surface area contributed by atoms with Gasteiger partial charge in [0.1, 0.15) is 11.8 Å². The molecule has 2 aromatic carbocycles. The highest BCUT2D eigenvalue weighted by atomic mass is 35.5. The zero-order chi connectivity index (χ0) is 27.6. The van der Waals surface area contributed by atoms with Gasteiger partial charge >= 0.3 is 6.36 Å². The molecule has 1 saturated heterocycles. The van der Waals surface area contributed by atoms with Gasteiger partial charge in [0, 0.05) is 58.6 Å². The first-order valence-electron chi connectivity index (χ1n) is 12.4. The molecule has 0 bridgehead atoms. The van der Waals surface area contributed by atoms with Gasteiger partial charge in [-0.25, -0.2) is 0 Å². The summed E-state index contributed by atoms with van der Waals surface area (Å²) in [4.78, 5) is 23.6. The number of carbonyl (C=O) groups excluding carboxylic acids is 1. The average molecular weight is 556 g/mol. The fraction of sp³-hybridized carbons (Fsp3) is 0.321. The lowest BCUT2D eigenvalue weighted by molar-refractivity contribution is -0.274. The molecular formula is C28H25ClF3N5O2. The van der Waals surface area contributed by atoms with Crippen molar-refractivity contribution in [3.05, 3.63) is 93.3 Å². The fourth-order valence-corrected chi connectivity index (χ4v) is 5.35. The first-order chi connectivity index (χ1) is 18.7. The number of fused-ring (bicyclic) bond motifs is 1. The molecule has 1 fully saturated rings. The van der Waals surface area contributed by atoms with Crippen molar-refractivity contribution in [2.24, 2.45) is 0 Å². The SMILES string of the molecule is N#Cc1cccnc1CN1CCN(Cc2cc(Cl)c3c(c2)CN(Cc2ccc(OC(F)(F)F)cc2)C3=O)CC1. The van der Waals surface area contributed by atoms with E-state index in [1.165, 1.54) is 24.3 Å². The number of amides is 1. The topological polar surface area (TPSA) is 72.7 Å². The van der Waals surface area contributed by atoms with Crippen LogP contribution in [0.15, 0.2) is 54.7 Å². The van der Waals surface area contributed by atoms with Gasteiger partial charge in [-0.2, -0.15) is 5.26 Å². The maximum Gasteiger partial charge on any atom is 0.573 e. The van der Waals surface area contributed by atoms with Crippen LogP contribution in [-0.2, 0) is 26.2 Å². The Hall–Kier alpha value is -3.65. The third-order valence-electron chi connectivity index (χ3n) is 6.88. The molecule has 0 spiro atoms. The van der Waals surface area contributed by atoms with E-state index in [2.05, 4.69) is 25.6 Å². The number of hydrogen-bond acceptors (Lipinski definition) is 6. The van der Waals surface area contributed by atoms with Crippen LogP contribution in [0.25, 0.3) is 0 Å². The van der Waals surface area contributed by atoms with Gasteiger partial charge in [-0.05, 0) is 47.0 Å². The first kappa shape index (κ1) is 26.9. The van der Waals surface area contributed by atoms with Crippen LogP contribution < -0.4 is 4.74 Å². The molecule has 2 aliphatic rings. The Balaban J connectivity index is 1.18. The molecule has 5 rings (SSSR count). The molecule has 7 nitrogen and oxygen atoms in total. The highest BCUT2D eigenvalue weighted by molar-refractivity contribution is 6.34. The highest BCUT2D eigenvalue weighted by Crippen LogP contribution is 2.32. The number of halogens is 4.